The molecular weight excluding hydrogens is 387 g/mol. The van der Waals surface area contributed by atoms with E-state index in [0.717, 1.165) is 49.7 Å². The molecule has 1 fully saturated rings. The lowest BCUT2D eigenvalue weighted by molar-refractivity contribution is 0.0661. The number of piperazine rings is 1. The number of hydrogen-bond acceptors (Lipinski definition) is 7. The van der Waals surface area contributed by atoms with Gasteiger partial charge in [-0.1, -0.05) is 6.08 Å². The second kappa shape index (κ2) is 9.97. The summed E-state index contributed by atoms with van der Waals surface area (Å²) in [5.74, 6) is 0.828. The van der Waals surface area contributed by atoms with Gasteiger partial charge in [0.1, 0.15) is 24.3 Å². The maximum Gasteiger partial charge on any atom is 0.225 e. The SMILES string of the molecule is OC(COc1cc(F)cc(C2=CCOCC2)c1)CN1CCN(c2ncccn2)CC1. The smallest absolute Gasteiger partial charge is 0.225 e. The number of anilines is 1. The highest BCUT2D eigenvalue weighted by atomic mass is 19.1. The Labute approximate surface area is 175 Å². The van der Waals surface area contributed by atoms with Crippen molar-refractivity contribution in [3.8, 4) is 5.75 Å². The zero-order valence-electron chi connectivity index (χ0n) is 16.9. The monoisotopic (exact) mass is 414 g/mol. The summed E-state index contributed by atoms with van der Waals surface area (Å²) < 4.78 is 25.1. The van der Waals surface area contributed by atoms with Crippen molar-refractivity contribution in [1.82, 2.24) is 14.9 Å². The van der Waals surface area contributed by atoms with E-state index in [2.05, 4.69) is 19.8 Å². The van der Waals surface area contributed by atoms with Crippen molar-refractivity contribution in [1.29, 1.82) is 0 Å². The van der Waals surface area contributed by atoms with Crippen LogP contribution in [0, 0.1) is 5.82 Å². The van der Waals surface area contributed by atoms with Crippen LogP contribution in [0.4, 0.5) is 10.3 Å². The first kappa shape index (κ1) is 20.7. The number of hydrogen-bond donors (Lipinski definition) is 1. The average Bonchev–Trinajstić information content (AvgIpc) is 2.79. The van der Waals surface area contributed by atoms with Crippen molar-refractivity contribution in [2.75, 3.05) is 57.4 Å². The Morgan fingerprint density at radius 3 is 2.67 bits per heavy atom. The molecule has 30 heavy (non-hydrogen) atoms. The fourth-order valence-electron chi connectivity index (χ4n) is 3.75. The molecule has 3 heterocycles. The zero-order chi connectivity index (χ0) is 20.8. The molecule has 0 radical (unpaired) electrons. The van der Waals surface area contributed by atoms with Gasteiger partial charge in [-0.25, -0.2) is 14.4 Å². The molecule has 0 amide bonds. The van der Waals surface area contributed by atoms with Gasteiger partial charge in [-0.3, -0.25) is 4.90 Å². The molecule has 1 aromatic heterocycles. The summed E-state index contributed by atoms with van der Waals surface area (Å²) in [7, 11) is 0. The first-order valence-corrected chi connectivity index (χ1v) is 10.3. The highest BCUT2D eigenvalue weighted by Crippen LogP contribution is 2.26. The van der Waals surface area contributed by atoms with Crippen LogP contribution in [0.15, 0.2) is 42.7 Å². The minimum Gasteiger partial charge on any atom is -0.491 e. The minimum absolute atomic E-state index is 0.118. The van der Waals surface area contributed by atoms with Crippen LogP contribution in [0.3, 0.4) is 0 Å². The van der Waals surface area contributed by atoms with Gasteiger partial charge in [0.25, 0.3) is 0 Å². The number of aliphatic hydroxyl groups is 1. The number of ether oxygens (including phenoxy) is 2. The Morgan fingerprint density at radius 2 is 1.93 bits per heavy atom. The fourth-order valence-corrected chi connectivity index (χ4v) is 3.75. The standard InChI is InChI=1S/C22H27FN4O3/c23-19-12-18(17-2-10-29-11-3-17)13-21(14-19)30-16-20(28)15-26-6-8-27(9-7-26)22-24-4-1-5-25-22/h1-2,4-5,12-14,20,28H,3,6-11,15-16H2. The molecule has 7 nitrogen and oxygen atoms in total. The fraction of sp³-hybridized carbons (Fsp3) is 0.455. The number of rotatable bonds is 7. The molecule has 1 aromatic carbocycles. The van der Waals surface area contributed by atoms with Gasteiger partial charge < -0.3 is 19.5 Å². The van der Waals surface area contributed by atoms with E-state index in [0.29, 0.717) is 25.5 Å². The van der Waals surface area contributed by atoms with Crippen LogP contribution in [0.25, 0.3) is 5.57 Å². The summed E-state index contributed by atoms with van der Waals surface area (Å²) in [4.78, 5) is 12.9. The third-order valence-corrected chi connectivity index (χ3v) is 5.32. The molecule has 0 saturated carbocycles. The maximum atomic E-state index is 14.0. The van der Waals surface area contributed by atoms with Crippen LogP contribution < -0.4 is 9.64 Å². The molecule has 8 heteroatoms. The van der Waals surface area contributed by atoms with Crippen LogP contribution in [-0.2, 0) is 4.74 Å². The predicted octanol–water partition coefficient (Wildman–Crippen LogP) is 1.98. The van der Waals surface area contributed by atoms with Gasteiger partial charge in [0.15, 0.2) is 0 Å². The van der Waals surface area contributed by atoms with Crippen molar-refractivity contribution in [3.05, 3.63) is 54.1 Å². The zero-order valence-corrected chi connectivity index (χ0v) is 16.9. The van der Waals surface area contributed by atoms with Crippen molar-refractivity contribution in [2.45, 2.75) is 12.5 Å². The van der Waals surface area contributed by atoms with E-state index in [-0.39, 0.29) is 12.4 Å². The minimum atomic E-state index is -0.654. The summed E-state index contributed by atoms with van der Waals surface area (Å²) in [6, 6.07) is 6.49. The topological polar surface area (TPSA) is 71.0 Å². The molecule has 4 rings (SSSR count). The van der Waals surface area contributed by atoms with E-state index in [9.17, 15) is 9.50 Å². The first-order valence-electron chi connectivity index (χ1n) is 10.3. The van der Waals surface area contributed by atoms with Crippen molar-refractivity contribution in [3.63, 3.8) is 0 Å². The van der Waals surface area contributed by atoms with Crippen LogP contribution in [0.1, 0.15) is 12.0 Å². The van der Waals surface area contributed by atoms with Crippen LogP contribution >= 0.6 is 0 Å². The lowest BCUT2D eigenvalue weighted by Gasteiger charge is -2.35. The number of halogens is 1. The number of aromatic nitrogens is 2. The second-order valence-electron chi connectivity index (χ2n) is 7.53. The average molecular weight is 414 g/mol. The number of benzene rings is 1. The number of β-amino-alcohol motifs (C(OH)–C–C–N with tert-alkyl or cyclic N) is 1. The summed E-state index contributed by atoms with van der Waals surface area (Å²) in [6.45, 7) is 5.06. The summed E-state index contributed by atoms with van der Waals surface area (Å²) in [5.41, 5.74) is 1.87. The summed E-state index contributed by atoms with van der Waals surface area (Å²) >= 11 is 0. The Morgan fingerprint density at radius 1 is 1.13 bits per heavy atom. The van der Waals surface area contributed by atoms with Gasteiger partial charge in [-0.05, 0) is 35.8 Å². The molecule has 2 aliphatic rings. The van der Waals surface area contributed by atoms with E-state index >= 15 is 0 Å². The third kappa shape index (κ3) is 5.53. The molecule has 0 aliphatic carbocycles. The van der Waals surface area contributed by atoms with Gasteiger partial charge in [0.2, 0.25) is 5.95 Å². The second-order valence-corrected chi connectivity index (χ2v) is 7.53. The third-order valence-electron chi connectivity index (χ3n) is 5.32. The van der Waals surface area contributed by atoms with Gasteiger partial charge in [0, 0.05) is 51.2 Å². The van der Waals surface area contributed by atoms with E-state index in [1.54, 1.807) is 18.5 Å². The highest BCUT2D eigenvalue weighted by molar-refractivity contribution is 5.67. The van der Waals surface area contributed by atoms with Crippen LogP contribution in [0.2, 0.25) is 0 Å². The van der Waals surface area contributed by atoms with E-state index in [4.69, 9.17) is 9.47 Å². The highest BCUT2D eigenvalue weighted by Gasteiger charge is 2.21. The molecule has 0 bridgehead atoms. The molecule has 2 aliphatic heterocycles. The molecule has 2 aromatic rings. The largest absolute Gasteiger partial charge is 0.491 e. The molecule has 1 saturated heterocycles. The Balaban J connectivity index is 1.26. The predicted molar refractivity (Wildman–Crippen MR) is 112 cm³/mol. The quantitative estimate of drug-likeness (QED) is 0.743. The number of nitrogens with zero attached hydrogens (tertiary/aromatic N) is 4. The lowest BCUT2D eigenvalue weighted by atomic mass is 10.0. The van der Waals surface area contributed by atoms with Gasteiger partial charge >= 0.3 is 0 Å². The van der Waals surface area contributed by atoms with Crippen LogP contribution in [-0.4, -0.2) is 78.6 Å². The lowest BCUT2D eigenvalue weighted by Crippen LogP contribution is -2.49. The molecule has 1 N–H and O–H groups in total. The molecule has 0 spiro atoms. The number of aliphatic hydroxyl groups excluding tert-OH is 1. The van der Waals surface area contributed by atoms with Crippen molar-refractivity contribution >= 4 is 11.5 Å². The van der Waals surface area contributed by atoms with Crippen molar-refractivity contribution in [2.24, 2.45) is 0 Å². The normalized spacial score (nSPS) is 18.7. The molecule has 1 atom stereocenters. The van der Waals surface area contributed by atoms with Gasteiger partial charge in [0.05, 0.1) is 13.2 Å². The first-order chi connectivity index (χ1) is 14.7. The van der Waals surface area contributed by atoms with Gasteiger partial charge in [-0.15, -0.1) is 0 Å². The van der Waals surface area contributed by atoms with E-state index in [1.165, 1.54) is 12.1 Å². The van der Waals surface area contributed by atoms with E-state index in [1.807, 2.05) is 12.1 Å². The van der Waals surface area contributed by atoms with Crippen LogP contribution in [0.5, 0.6) is 5.75 Å². The van der Waals surface area contributed by atoms with Gasteiger partial charge in [-0.2, -0.15) is 0 Å². The molecule has 1 unspecified atom stereocenters. The molecule has 160 valence electrons. The summed E-state index contributed by atoms with van der Waals surface area (Å²) in [5, 5.41) is 10.4. The van der Waals surface area contributed by atoms with Crippen molar-refractivity contribution < 1.29 is 19.0 Å². The Bertz CT molecular complexity index is 857. The maximum absolute atomic E-state index is 14.0. The van der Waals surface area contributed by atoms with E-state index < -0.39 is 6.10 Å². The Kier molecular flexibility index (Phi) is 6.88. The Hall–Kier alpha value is -2.55. The summed E-state index contributed by atoms with van der Waals surface area (Å²) in [6.07, 6.45) is 5.56. The molecular formula is C22H27FN4O3.